The van der Waals surface area contributed by atoms with Crippen LogP contribution in [0.25, 0.3) is 6.08 Å². The van der Waals surface area contributed by atoms with Crippen molar-refractivity contribution in [2.24, 2.45) is 5.41 Å². The third-order valence-corrected chi connectivity index (χ3v) is 4.97. The van der Waals surface area contributed by atoms with Gasteiger partial charge >= 0.3 is 5.97 Å². The summed E-state index contributed by atoms with van der Waals surface area (Å²) in [6.45, 7) is 20.9. The monoisotopic (exact) mass is 522 g/mol. The van der Waals surface area contributed by atoms with Gasteiger partial charge in [0.15, 0.2) is 5.78 Å². The number of carbonyl (C=O) groups is 2. The molecule has 0 heterocycles. The van der Waals surface area contributed by atoms with Crippen LogP contribution in [0.2, 0.25) is 0 Å². The van der Waals surface area contributed by atoms with Gasteiger partial charge in [0.2, 0.25) is 6.79 Å². The van der Waals surface area contributed by atoms with Gasteiger partial charge in [-0.3, -0.25) is 9.59 Å². The number of hydrogen-bond acceptors (Lipinski definition) is 6. The highest BCUT2D eigenvalue weighted by Crippen LogP contribution is 2.35. The van der Waals surface area contributed by atoms with Crippen molar-refractivity contribution in [1.82, 2.24) is 0 Å². The highest BCUT2D eigenvalue weighted by atomic mass is 16.7. The summed E-state index contributed by atoms with van der Waals surface area (Å²) in [7, 11) is 0. The lowest BCUT2D eigenvalue weighted by Crippen LogP contribution is -2.25. The lowest BCUT2D eigenvalue weighted by molar-refractivity contribution is -0.159. The first kappa shape index (κ1) is 30.7. The van der Waals surface area contributed by atoms with Crippen LogP contribution in [-0.4, -0.2) is 29.7 Å². The topological polar surface area (TPSA) is 71.1 Å². The Bertz CT molecular complexity index is 1150. The number of ether oxygens (including phenoxy) is 4. The largest absolute Gasteiger partial charge is 0.488 e. The van der Waals surface area contributed by atoms with Crippen LogP contribution < -0.4 is 14.2 Å². The molecule has 6 heteroatoms. The predicted octanol–water partition coefficient (Wildman–Crippen LogP) is 7.59. The van der Waals surface area contributed by atoms with Crippen LogP contribution in [-0.2, 0) is 16.0 Å². The second kappa shape index (κ2) is 12.3. The molecule has 2 rings (SSSR count). The molecular formula is C32H42O6. The van der Waals surface area contributed by atoms with Gasteiger partial charge in [-0.1, -0.05) is 6.08 Å². The minimum absolute atomic E-state index is 0.169. The van der Waals surface area contributed by atoms with Crippen LogP contribution >= 0.6 is 0 Å². The van der Waals surface area contributed by atoms with Gasteiger partial charge in [0, 0.05) is 17.2 Å². The highest BCUT2D eigenvalue weighted by molar-refractivity contribution is 6.07. The molecular weight excluding hydrogens is 480 g/mol. The molecule has 38 heavy (non-hydrogen) atoms. The Morgan fingerprint density at radius 1 is 0.842 bits per heavy atom. The summed E-state index contributed by atoms with van der Waals surface area (Å²) < 4.78 is 23.0. The van der Waals surface area contributed by atoms with Gasteiger partial charge in [0.25, 0.3) is 0 Å². The smallest absolute Gasteiger partial charge is 0.314 e. The minimum atomic E-state index is -0.601. The number of benzene rings is 2. The molecule has 0 N–H and O–H groups in total. The summed E-state index contributed by atoms with van der Waals surface area (Å²) in [6.07, 6.45) is 5.71. The fourth-order valence-corrected chi connectivity index (χ4v) is 3.26. The zero-order valence-corrected chi connectivity index (χ0v) is 24.3. The van der Waals surface area contributed by atoms with E-state index in [0.29, 0.717) is 23.5 Å². The second-order valence-corrected chi connectivity index (χ2v) is 12.1. The molecule has 0 fully saturated rings. The SMILES string of the molecule is C=CCc1cc(C=CC(=O)c2ccc(OCOC(=O)C(C)(C)C)cc2)c(OC(C)(C)C)cc1OC(C)(C)C. The summed E-state index contributed by atoms with van der Waals surface area (Å²) in [4.78, 5) is 24.8. The van der Waals surface area contributed by atoms with Crippen LogP contribution in [0.5, 0.6) is 17.2 Å². The predicted molar refractivity (Wildman–Crippen MR) is 152 cm³/mol. The maximum Gasteiger partial charge on any atom is 0.314 e. The van der Waals surface area contributed by atoms with Crippen LogP contribution in [0.1, 0.15) is 83.8 Å². The molecule has 0 atom stereocenters. The molecule has 6 nitrogen and oxygen atoms in total. The van der Waals surface area contributed by atoms with Crippen molar-refractivity contribution in [3.05, 3.63) is 71.8 Å². The normalized spacial score (nSPS) is 12.2. The Morgan fingerprint density at radius 2 is 1.42 bits per heavy atom. The fraction of sp³-hybridized carbons (Fsp3) is 0.438. The molecule has 0 bridgehead atoms. The minimum Gasteiger partial charge on any atom is -0.488 e. The van der Waals surface area contributed by atoms with E-state index < -0.39 is 11.0 Å². The lowest BCUT2D eigenvalue weighted by Gasteiger charge is -2.27. The van der Waals surface area contributed by atoms with E-state index in [1.165, 1.54) is 6.08 Å². The van der Waals surface area contributed by atoms with Crippen LogP contribution in [0.3, 0.4) is 0 Å². The molecule has 0 amide bonds. The average molecular weight is 523 g/mol. The van der Waals surface area contributed by atoms with Crippen molar-refractivity contribution in [3.8, 4) is 17.2 Å². The first-order valence-corrected chi connectivity index (χ1v) is 12.8. The van der Waals surface area contributed by atoms with Crippen molar-refractivity contribution in [1.29, 1.82) is 0 Å². The van der Waals surface area contributed by atoms with Gasteiger partial charge in [-0.2, -0.15) is 0 Å². The first-order chi connectivity index (χ1) is 17.5. The Balaban J connectivity index is 2.24. The number of hydrogen-bond donors (Lipinski definition) is 0. The third-order valence-electron chi connectivity index (χ3n) is 4.97. The summed E-state index contributed by atoms with van der Waals surface area (Å²) in [5.74, 6) is 1.33. The van der Waals surface area contributed by atoms with Crippen molar-refractivity contribution < 1.29 is 28.5 Å². The molecule has 0 aliphatic rings. The number of ketones is 1. The van der Waals surface area contributed by atoms with Crippen molar-refractivity contribution in [2.75, 3.05) is 6.79 Å². The fourth-order valence-electron chi connectivity index (χ4n) is 3.26. The molecule has 206 valence electrons. The lowest BCUT2D eigenvalue weighted by atomic mass is 9.98. The van der Waals surface area contributed by atoms with E-state index in [1.54, 1.807) is 51.1 Å². The number of esters is 1. The second-order valence-electron chi connectivity index (χ2n) is 12.1. The van der Waals surface area contributed by atoms with Crippen molar-refractivity contribution >= 4 is 17.8 Å². The number of rotatable bonds is 10. The molecule has 0 aromatic heterocycles. The van der Waals surface area contributed by atoms with Crippen LogP contribution in [0.4, 0.5) is 0 Å². The van der Waals surface area contributed by atoms with Gasteiger partial charge in [-0.25, -0.2) is 0 Å². The van der Waals surface area contributed by atoms with Crippen molar-refractivity contribution in [2.45, 2.75) is 79.9 Å². The van der Waals surface area contributed by atoms with Gasteiger partial charge < -0.3 is 18.9 Å². The maximum absolute atomic E-state index is 12.9. The third kappa shape index (κ3) is 10.1. The Labute approximate surface area is 227 Å². The van der Waals surface area contributed by atoms with E-state index in [0.717, 1.165) is 16.9 Å². The highest BCUT2D eigenvalue weighted by Gasteiger charge is 2.23. The van der Waals surface area contributed by atoms with Crippen molar-refractivity contribution in [3.63, 3.8) is 0 Å². The van der Waals surface area contributed by atoms with Gasteiger partial charge in [0.1, 0.15) is 28.5 Å². The standard InChI is InChI=1S/C32H42O6/c1-11-12-23-19-24(28(38-32(8,9)10)20-27(23)37-31(5,6)7)15-18-26(33)22-13-16-25(17-14-22)35-21-36-29(34)30(2,3)4/h11,13-20H,1,12,21H2,2-10H3. The van der Waals surface area contributed by atoms with E-state index in [9.17, 15) is 9.59 Å². The quantitative estimate of drug-likeness (QED) is 0.105. The molecule has 2 aromatic rings. The van der Waals surface area contributed by atoms with Gasteiger partial charge in [-0.15, -0.1) is 6.58 Å². The van der Waals surface area contributed by atoms with E-state index in [-0.39, 0.29) is 24.1 Å². The summed E-state index contributed by atoms with van der Waals surface area (Å²) >= 11 is 0. The Morgan fingerprint density at radius 3 is 1.95 bits per heavy atom. The van der Waals surface area contributed by atoms with E-state index in [4.69, 9.17) is 18.9 Å². The zero-order valence-electron chi connectivity index (χ0n) is 24.3. The molecule has 0 aliphatic heterocycles. The number of allylic oxidation sites excluding steroid dienone is 2. The van der Waals surface area contributed by atoms with Crippen LogP contribution in [0, 0.1) is 5.41 Å². The molecule has 0 unspecified atom stereocenters. The van der Waals surface area contributed by atoms with E-state index >= 15 is 0 Å². The molecule has 0 saturated carbocycles. The summed E-state index contributed by atoms with van der Waals surface area (Å²) in [6, 6.07) is 10.5. The van der Waals surface area contributed by atoms with Crippen LogP contribution in [0.15, 0.2) is 55.1 Å². The number of carbonyl (C=O) groups excluding carboxylic acids is 2. The summed E-state index contributed by atoms with van der Waals surface area (Å²) in [5, 5.41) is 0. The van der Waals surface area contributed by atoms with Gasteiger partial charge in [-0.05, 0) is 117 Å². The molecule has 0 spiro atoms. The molecule has 0 saturated heterocycles. The average Bonchev–Trinajstić information content (AvgIpc) is 2.77. The maximum atomic E-state index is 12.9. The molecule has 0 radical (unpaired) electrons. The molecule has 0 aliphatic carbocycles. The van der Waals surface area contributed by atoms with Gasteiger partial charge in [0.05, 0.1) is 5.41 Å². The molecule has 2 aromatic carbocycles. The Hall–Kier alpha value is -3.54. The Kier molecular flexibility index (Phi) is 9.96. The van der Waals surface area contributed by atoms with E-state index in [1.807, 2.05) is 59.8 Å². The zero-order chi connectivity index (χ0) is 28.7. The summed E-state index contributed by atoms with van der Waals surface area (Å²) in [5.41, 5.74) is 0.798. The first-order valence-electron chi connectivity index (χ1n) is 12.8. The van der Waals surface area contributed by atoms with E-state index in [2.05, 4.69) is 6.58 Å².